The van der Waals surface area contributed by atoms with Crippen LogP contribution >= 0.6 is 0 Å². The average Bonchev–Trinajstić information content (AvgIpc) is 2.98. The topological polar surface area (TPSA) is 67.6 Å². The molecule has 24 heavy (non-hydrogen) atoms. The molecule has 1 N–H and O–H groups in total. The van der Waals surface area contributed by atoms with Crippen LogP contribution in [0.2, 0.25) is 0 Å². The molecular weight excluding hydrogens is 327 g/mol. The van der Waals surface area contributed by atoms with Crippen LogP contribution in [0.25, 0.3) is 0 Å². The number of ether oxygens (including phenoxy) is 1. The molecule has 1 fully saturated rings. The molecule has 1 amide bonds. The van der Waals surface area contributed by atoms with Gasteiger partial charge in [-0.05, 0) is 6.92 Å². The molecule has 1 aliphatic heterocycles. The molecule has 1 aromatic heterocycles. The van der Waals surface area contributed by atoms with Crippen molar-refractivity contribution >= 4 is 5.91 Å². The van der Waals surface area contributed by atoms with Crippen LogP contribution in [0.5, 0.6) is 0 Å². The second-order valence-electron chi connectivity index (χ2n) is 6.13. The lowest BCUT2D eigenvalue weighted by atomic mass is 10.0. The fourth-order valence-corrected chi connectivity index (χ4v) is 2.59. The molecule has 0 radical (unpaired) electrons. The lowest BCUT2D eigenvalue weighted by molar-refractivity contribution is -0.143. The molecule has 0 aliphatic carbocycles. The quantitative estimate of drug-likeness (QED) is 0.883. The van der Waals surface area contributed by atoms with E-state index in [1.54, 1.807) is 13.8 Å². The van der Waals surface area contributed by atoms with Gasteiger partial charge in [-0.2, -0.15) is 13.2 Å². The van der Waals surface area contributed by atoms with Gasteiger partial charge in [0.05, 0.1) is 13.2 Å². The maximum absolute atomic E-state index is 13.1. The number of halogens is 3. The summed E-state index contributed by atoms with van der Waals surface area (Å²) in [4.78, 5) is 14.4. The van der Waals surface area contributed by atoms with E-state index >= 15 is 0 Å². The van der Waals surface area contributed by atoms with Gasteiger partial charge in [0.15, 0.2) is 11.5 Å². The van der Waals surface area contributed by atoms with E-state index in [1.165, 1.54) is 0 Å². The van der Waals surface area contributed by atoms with Gasteiger partial charge in [0, 0.05) is 31.6 Å². The van der Waals surface area contributed by atoms with Gasteiger partial charge >= 0.3 is 6.18 Å². The van der Waals surface area contributed by atoms with E-state index in [-0.39, 0.29) is 24.3 Å². The number of rotatable bonds is 5. The minimum absolute atomic E-state index is 0.00505. The number of morpholine rings is 1. The zero-order valence-corrected chi connectivity index (χ0v) is 13.9. The van der Waals surface area contributed by atoms with Crippen LogP contribution in [-0.2, 0) is 10.9 Å². The summed E-state index contributed by atoms with van der Waals surface area (Å²) in [6, 6.07) is -0.00505. The molecule has 0 spiro atoms. The third kappa shape index (κ3) is 4.27. The van der Waals surface area contributed by atoms with Gasteiger partial charge < -0.3 is 14.6 Å². The largest absolute Gasteiger partial charge is 0.437 e. The Bertz CT molecular complexity index is 566. The Hall–Kier alpha value is -1.61. The summed E-state index contributed by atoms with van der Waals surface area (Å²) < 4.78 is 49.2. The van der Waals surface area contributed by atoms with E-state index in [9.17, 15) is 18.0 Å². The first kappa shape index (κ1) is 18.7. The first-order chi connectivity index (χ1) is 11.2. The Morgan fingerprint density at radius 3 is 2.46 bits per heavy atom. The first-order valence-electron chi connectivity index (χ1n) is 7.88. The maximum Gasteiger partial charge on any atom is 0.437 e. The summed E-state index contributed by atoms with van der Waals surface area (Å²) in [5.74, 6) is -1.25. The van der Waals surface area contributed by atoms with Crippen LogP contribution in [-0.4, -0.2) is 54.9 Å². The highest BCUT2D eigenvalue weighted by molar-refractivity contribution is 5.96. The molecule has 0 aromatic carbocycles. The van der Waals surface area contributed by atoms with Crippen LogP contribution in [0.3, 0.4) is 0 Å². The molecule has 1 aromatic rings. The number of aromatic nitrogens is 1. The minimum Gasteiger partial charge on any atom is -0.379 e. The molecular formula is C15H22F3N3O3. The van der Waals surface area contributed by atoms with Crippen molar-refractivity contribution in [3.63, 3.8) is 0 Å². The van der Waals surface area contributed by atoms with Crippen molar-refractivity contribution in [3.8, 4) is 0 Å². The highest BCUT2D eigenvalue weighted by Crippen LogP contribution is 2.34. The van der Waals surface area contributed by atoms with E-state index in [4.69, 9.17) is 9.26 Å². The lowest BCUT2D eigenvalue weighted by Gasteiger charge is -2.32. The number of hydrogen-bond donors (Lipinski definition) is 1. The molecule has 1 atom stereocenters. The summed E-state index contributed by atoms with van der Waals surface area (Å²) >= 11 is 0. The molecule has 1 saturated heterocycles. The Labute approximate surface area is 138 Å². The van der Waals surface area contributed by atoms with Gasteiger partial charge in [0.2, 0.25) is 0 Å². The minimum atomic E-state index is -4.74. The van der Waals surface area contributed by atoms with Crippen molar-refractivity contribution in [2.24, 2.45) is 0 Å². The summed E-state index contributed by atoms with van der Waals surface area (Å²) in [6.07, 6.45) is -4.74. The first-order valence-corrected chi connectivity index (χ1v) is 7.88. The van der Waals surface area contributed by atoms with E-state index < -0.39 is 23.3 Å². The van der Waals surface area contributed by atoms with Gasteiger partial charge in [0.25, 0.3) is 5.91 Å². The third-order valence-electron chi connectivity index (χ3n) is 3.97. The van der Waals surface area contributed by atoms with Gasteiger partial charge in [-0.1, -0.05) is 19.0 Å². The molecule has 1 aliphatic rings. The lowest BCUT2D eigenvalue weighted by Crippen LogP contribution is -2.47. The van der Waals surface area contributed by atoms with Crippen molar-refractivity contribution in [1.82, 2.24) is 15.4 Å². The summed E-state index contributed by atoms with van der Waals surface area (Å²) in [6.45, 7) is 8.12. The highest BCUT2D eigenvalue weighted by Gasteiger charge is 2.42. The van der Waals surface area contributed by atoms with Crippen molar-refractivity contribution in [1.29, 1.82) is 0 Å². The van der Waals surface area contributed by atoms with Crippen molar-refractivity contribution in [2.75, 3.05) is 32.8 Å². The SMILES string of the molecule is CC(C)c1onc(C(F)(F)F)c1C(=O)NCC(C)N1CCOCC1. The van der Waals surface area contributed by atoms with Crippen LogP contribution in [0.15, 0.2) is 4.52 Å². The van der Waals surface area contributed by atoms with Gasteiger partial charge in [-0.3, -0.25) is 9.69 Å². The Balaban J connectivity index is 2.09. The summed E-state index contributed by atoms with van der Waals surface area (Å²) in [5, 5.41) is 5.63. The molecule has 2 rings (SSSR count). The number of amides is 1. The van der Waals surface area contributed by atoms with E-state index in [2.05, 4.69) is 15.4 Å². The number of nitrogens with zero attached hydrogens (tertiary/aromatic N) is 2. The van der Waals surface area contributed by atoms with E-state index in [1.807, 2.05) is 6.92 Å². The normalized spacial score (nSPS) is 18.0. The molecule has 136 valence electrons. The number of nitrogens with one attached hydrogen (secondary N) is 1. The standard InChI is InChI=1S/C15H22F3N3O3/c1-9(2)12-11(13(20-24-12)15(16,17)18)14(22)19-8-10(3)21-4-6-23-7-5-21/h9-10H,4-8H2,1-3H3,(H,19,22). The third-order valence-corrected chi connectivity index (χ3v) is 3.97. The smallest absolute Gasteiger partial charge is 0.379 e. The molecule has 6 nitrogen and oxygen atoms in total. The number of carbonyl (C=O) groups is 1. The fraction of sp³-hybridized carbons (Fsp3) is 0.733. The Morgan fingerprint density at radius 1 is 1.29 bits per heavy atom. The molecule has 0 bridgehead atoms. The van der Waals surface area contributed by atoms with Gasteiger partial charge in [-0.25, -0.2) is 0 Å². The Kier molecular flexibility index (Phi) is 5.87. The van der Waals surface area contributed by atoms with E-state index in [0.29, 0.717) is 13.2 Å². The maximum atomic E-state index is 13.1. The van der Waals surface area contributed by atoms with Gasteiger partial charge in [0.1, 0.15) is 5.56 Å². The predicted octanol–water partition coefficient (Wildman–Crippen LogP) is 2.27. The molecule has 2 heterocycles. The van der Waals surface area contributed by atoms with Crippen LogP contribution in [0, 0.1) is 0 Å². The molecule has 1 unspecified atom stereocenters. The zero-order valence-electron chi connectivity index (χ0n) is 13.9. The second-order valence-corrected chi connectivity index (χ2v) is 6.13. The molecule has 9 heteroatoms. The fourth-order valence-electron chi connectivity index (χ4n) is 2.59. The van der Waals surface area contributed by atoms with Crippen molar-refractivity contribution < 1.29 is 27.2 Å². The molecule has 0 saturated carbocycles. The number of alkyl halides is 3. The predicted molar refractivity (Wildman–Crippen MR) is 79.8 cm³/mol. The van der Waals surface area contributed by atoms with Crippen molar-refractivity contribution in [2.45, 2.75) is 38.9 Å². The van der Waals surface area contributed by atoms with Crippen LogP contribution in [0.4, 0.5) is 13.2 Å². The van der Waals surface area contributed by atoms with E-state index in [0.717, 1.165) is 13.1 Å². The van der Waals surface area contributed by atoms with Crippen LogP contribution < -0.4 is 5.32 Å². The summed E-state index contributed by atoms with van der Waals surface area (Å²) in [5.41, 5.74) is -1.80. The zero-order chi connectivity index (χ0) is 17.9. The van der Waals surface area contributed by atoms with Gasteiger partial charge in [-0.15, -0.1) is 0 Å². The summed E-state index contributed by atoms with van der Waals surface area (Å²) in [7, 11) is 0. The Morgan fingerprint density at radius 2 is 1.92 bits per heavy atom. The monoisotopic (exact) mass is 349 g/mol. The highest BCUT2D eigenvalue weighted by atomic mass is 19.4. The number of hydrogen-bond acceptors (Lipinski definition) is 5. The number of carbonyl (C=O) groups excluding carboxylic acids is 1. The van der Waals surface area contributed by atoms with Crippen molar-refractivity contribution in [3.05, 3.63) is 17.0 Å². The average molecular weight is 349 g/mol. The van der Waals surface area contributed by atoms with Crippen LogP contribution in [0.1, 0.15) is 48.5 Å². The second kappa shape index (κ2) is 7.52.